The molecule has 12 heteroatoms. The van der Waals surface area contributed by atoms with Crippen LogP contribution in [0.3, 0.4) is 0 Å². The van der Waals surface area contributed by atoms with Crippen LogP contribution >= 0.6 is 0 Å². The van der Waals surface area contributed by atoms with Crippen molar-refractivity contribution in [3.05, 3.63) is 52.6 Å². The summed E-state index contributed by atoms with van der Waals surface area (Å²) >= 11 is 0. The number of amides is 1. The van der Waals surface area contributed by atoms with E-state index in [1.54, 1.807) is 22.7 Å². The zero-order valence-electron chi connectivity index (χ0n) is 22.7. The van der Waals surface area contributed by atoms with Gasteiger partial charge in [-0.2, -0.15) is 26.7 Å². The maximum atomic E-state index is 12.6. The Morgan fingerprint density at radius 3 is 2.36 bits per heavy atom. The summed E-state index contributed by atoms with van der Waals surface area (Å²) in [5.41, 5.74) is -1.64. The van der Waals surface area contributed by atoms with Crippen LogP contribution in [0.25, 0.3) is 11.6 Å². The number of aryl methyl sites for hydroxylation is 1. The first-order valence-electron chi connectivity index (χ1n) is 12.2. The van der Waals surface area contributed by atoms with E-state index in [9.17, 15) is 26.4 Å². The highest BCUT2D eigenvalue weighted by Crippen LogP contribution is 2.31. The van der Waals surface area contributed by atoms with Crippen molar-refractivity contribution in [3.63, 3.8) is 0 Å². The first-order chi connectivity index (χ1) is 18.1. The van der Waals surface area contributed by atoms with E-state index in [0.717, 1.165) is 22.4 Å². The maximum absolute atomic E-state index is 12.6. The predicted octanol–water partition coefficient (Wildman–Crippen LogP) is 5.96. The summed E-state index contributed by atoms with van der Waals surface area (Å²) < 4.78 is 71.9. The van der Waals surface area contributed by atoms with E-state index in [0.29, 0.717) is 38.0 Å². The van der Waals surface area contributed by atoms with Crippen LogP contribution in [0.2, 0.25) is 0 Å². The molecule has 1 aromatic heterocycles. The quantitative estimate of drug-likeness (QED) is 0.247. The lowest BCUT2D eigenvalue weighted by atomic mass is 9.99. The summed E-state index contributed by atoms with van der Waals surface area (Å²) in [6, 6.07) is 1.87. The molecule has 0 atom stereocenters. The number of halogens is 3. The van der Waals surface area contributed by atoms with Crippen molar-refractivity contribution in [2.24, 2.45) is 7.05 Å². The Hall–Kier alpha value is -3.46. The van der Waals surface area contributed by atoms with Crippen molar-refractivity contribution in [2.45, 2.75) is 64.5 Å². The van der Waals surface area contributed by atoms with Gasteiger partial charge in [0.1, 0.15) is 11.4 Å². The Morgan fingerprint density at radius 2 is 1.79 bits per heavy atom. The highest BCUT2D eigenvalue weighted by molar-refractivity contribution is 7.87. The molecule has 1 aliphatic heterocycles. The molecule has 214 valence electrons. The zero-order valence-corrected chi connectivity index (χ0v) is 23.5. The minimum Gasteiger partial charge on any atom is -0.444 e. The van der Waals surface area contributed by atoms with Gasteiger partial charge in [-0.3, -0.25) is 4.68 Å². The summed E-state index contributed by atoms with van der Waals surface area (Å²) in [6.07, 6.45) is 16.1. The number of hydrogen-bond donors (Lipinski definition) is 0. The summed E-state index contributed by atoms with van der Waals surface area (Å²) in [6.45, 7) is 8.49. The molecule has 0 radical (unpaired) electrons. The number of ether oxygens (including phenoxy) is 1. The molecular weight excluding hydrogens is 535 g/mol. The Labute approximate surface area is 228 Å². The maximum Gasteiger partial charge on any atom is 0.534 e. The first-order valence-corrected chi connectivity index (χ1v) is 13.6. The van der Waals surface area contributed by atoms with Gasteiger partial charge in [-0.15, -0.1) is 12.8 Å². The molecular formula is C27H34F3N3O5S. The third kappa shape index (κ3) is 8.78. The van der Waals surface area contributed by atoms with Gasteiger partial charge in [0.2, 0.25) is 0 Å². The molecule has 0 unspecified atom stereocenters. The molecule has 0 saturated carbocycles. The van der Waals surface area contributed by atoms with Crippen LogP contribution in [0.1, 0.15) is 64.8 Å². The Kier molecular flexibility index (Phi) is 10.3. The van der Waals surface area contributed by atoms with Gasteiger partial charge in [-0.25, -0.2) is 4.79 Å². The van der Waals surface area contributed by atoms with Gasteiger partial charge in [0.25, 0.3) is 0 Å². The number of alkyl halides is 3. The molecule has 0 N–H and O–H groups in total. The average molecular weight is 570 g/mol. The van der Waals surface area contributed by atoms with Crippen molar-refractivity contribution < 1.29 is 35.3 Å². The molecule has 0 saturated heterocycles. The molecule has 1 aromatic rings. The first kappa shape index (κ1) is 31.8. The topological polar surface area (TPSA) is 90.7 Å². The standard InChI is InChI=1S/C25H32F3N3O5S.C2H2/c1-17(18-11-13-31(14-12-18)23(32)35-24(2,3)4)15-20-16-22(29-30(20)5)19-7-6-8-21(10-9-19)36-37(33,34)25(26,27)28;1-2/h9-11,15-16H,6-8,12-14H2,1-5H3;1-2H/b17-15+;. The Bertz CT molecular complexity index is 1310. The number of terminal acetylenes is 1. The molecule has 0 bridgehead atoms. The van der Waals surface area contributed by atoms with Crippen LogP contribution in [-0.2, 0) is 26.1 Å². The fraction of sp³-hybridized carbons (Fsp3) is 0.481. The van der Waals surface area contributed by atoms with Crippen molar-refractivity contribution in [1.82, 2.24) is 14.7 Å². The number of allylic oxidation sites excluding steroid dienone is 5. The van der Waals surface area contributed by atoms with Crippen LogP contribution in [0, 0.1) is 12.8 Å². The molecule has 0 fully saturated rings. The van der Waals surface area contributed by atoms with E-state index in [-0.39, 0.29) is 18.3 Å². The van der Waals surface area contributed by atoms with Crippen LogP contribution in [-0.4, -0.2) is 53.4 Å². The largest absolute Gasteiger partial charge is 0.534 e. The number of carbonyl (C=O) groups is 1. The molecule has 39 heavy (non-hydrogen) atoms. The number of nitrogens with zero attached hydrogens (tertiary/aromatic N) is 3. The number of hydrogen-bond acceptors (Lipinski definition) is 6. The second-order valence-electron chi connectivity index (χ2n) is 9.97. The normalized spacial score (nSPS) is 17.1. The van der Waals surface area contributed by atoms with Gasteiger partial charge >= 0.3 is 21.7 Å². The smallest absolute Gasteiger partial charge is 0.444 e. The summed E-state index contributed by atoms with van der Waals surface area (Å²) in [4.78, 5) is 13.9. The second kappa shape index (κ2) is 12.6. The average Bonchev–Trinajstić information content (AvgIpc) is 3.04. The molecule has 8 nitrogen and oxygen atoms in total. The van der Waals surface area contributed by atoms with E-state index in [1.165, 1.54) is 6.08 Å². The minimum absolute atomic E-state index is 0.0580. The van der Waals surface area contributed by atoms with Crippen LogP contribution in [0.15, 0.2) is 41.2 Å². The molecule has 1 amide bonds. The third-order valence-corrected chi connectivity index (χ3v) is 6.82. The van der Waals surface area contributed by atoms with E-state index in [1.807, 2.05) is 45.9 Å². The van der Waals surface area contributed by atoms with Crippen molar-refractivity contribution in [3.8, 4) is 12.8 Å². The lowest BCUT2D eigenvalue weighted by molar-refractivity contribution is -0.0523. The molecule has 2 heterocycles. The number of carbonyl (C=O) groups excluding carboxylic acids is 1. The zero-order chi connectivity index (χ0) is 29.6. The van der Waals surface area contributed by atoms with E-state index >= 15 is 0 Å². The Morgan fingerprint density at radius 1 is 1.13 bits per heavy atom. The van der Waals surface area contributed by atoms with Crippen molar-refractivity contribution in [2.75, 3.05) is 13.1 Å². The van der Waals surface area contributed by atoms with Gasteiger partial charge in [0.15, 0.2) is 0 Å². The van der Waals surface area contributed by atoms with Crippen LogP contribution in [0.5, 0.6) is 0 Å². The van der Waals surface area contributed by atoms with Gasteiger partial charge in [0, 0.05) is 26.6 Å². The van der Waals surface area contributed by atoms with Crippen molar-refractivity contribution >= 4 is 27.9 Å². The highest BCUT2D eigenvalue weighted by Gasteiger charge is 2.48. The molecule has 1 aliphatic carbocycles. The highest BCUT2D eigenvalue weighted by atomic mass is 32.2. The van der Waals surface area contributed by atoms with Crippen LogP contribution < -0.4 is 0 Å². The molecule has 0 aromatic carbocycles. The Balaban J connectivity index is 0.00000260. The molecule has 2 aliphatic rings. The SMILES string of the molecule is C#C.C/C(=C\c1cc(C2=CC=C(OS(=O)(=O)C(F)(F)F)CCC2)nn1C)C1=CCN(C(=O)OC(C)(C)C)CC1. The predicted molar refractivity (Wildman–Crippen MR) is 143 cm³/mol. The van der Waals surface area contributed by atoms with Gasteiger partial charge in [-0.1, -0.05) is 12.2 Å². The van der Waals surface area contributed by atoms with Crippen molar-refractivity contribution in [1.29, 1.82) is 0 Å². The third-order valence-electron chi connectivity index (χ3n) is 5.82. The number of rotatable bonds is 5. The monoisotopic (exact) mass is 569 g/mol. The van der Waals surface area contributed by atoms with E-state index in [2.05, 4.69) is 22.1 Å². The molecule has 3 rings (SSSR count). The summed E-state index contributed by atoms with van der Waals surface area (Å²) in [5, 5.41) is 4.53. The molecule has 0 spiro atoms. The lowest BCUT2D eigenvalue weighted by Crippen LogP contribution is -2.39. The second-order valence-corrected chi connectivity index (χ2v) is 11.5. The fourth-order valence-electron chi connectivity index (χ4n) is 3.89. The van der Waals surface area contributed by atoms with E-state index < -0.39 is 21.2 Å². The van der Waals surface area contributed by atoms with Crippen LogP contribution in [0.4, 0.5) is 18.0 Å². The van der Waals surface area contributed by atoms with Gasteiger partial charge in [-0.05, 0) is 81.9 Å². The summed E-state index contributed by atoms with van der Waals surface area (Å²) in [7, 11) is -3.91. The van der Waals surface area contributed by atoms with Gasteiger partial charge in [0.05, 0.1) is 11.4 Å². The fourth-order valence-corrected chi connectivity index (χ4v) is 4.41. The van der Waals surface area contributed by atoms with E-state index in [4.69, 9.17) is 4.74 Å². The van der Waals surface area contributed by atoms with Gasteiger partial charge < -0.3 is 13.8 Å². The lowest BCUT2D eigenvalue weighted by Gasteiger charge is -2.29. The minimum atomic E-state index is -5.70. The summed E-state index contributed by atoms with van der Waals surface area (Å²) in [5.74, 6) is -0.260. The number of aromatic nitrogens is 2.